The van der Waals surface area contributed by atoms with E-state index in [0.717, 1.165) is 16.8 Å². The van der Waals surface area contributed by atoms with Gasteiger partial charge in [0.1, 0.15) is 0 Å². The number of thioether (sulfide) groups is 1. The summed E-state index contributed by atoms with van der Waals surface area (Å²) in [5, 5.41) is 12.5. The maximum absolute atomic E-state index is 13.5. The topological polar surface area (TPSA) is 124 Å². The quantitative estimate of drug-likeness (QED) is 0.346. The molecule has 0 radical (unpaired) electrons. The van der Waals surface area contributed by atoms with Crippen LogP contribution in [0.4, 0.5) is 5.69 Å². The molecule has 0 aliphatic heterocycles. The normalized spacial score (nSPS) is 11.2. The molecule has 0 unspecified atom stereocenters. The number of anilines is 1. The number of carbonyl (C=O) groups excluding carboxylic acids is 2. The van der Waals surface area contributed by atoms with E-state index in [-0.39, 0.29) is 17.2 Å². The van der Waals surface area contributed by atoms with Gasteiger partial charge in [-0.2, -0.15) is 0 Å². The van der Waals surface area contributed by atoms with Gasteiger partial charge >= 0.3 is 0 Å². The van der Waals surface area contributed by atoms with Crippen LogP contribution in [0.1, 0.15) is 21.5 Å². The molecule has 9 nitrogen and oxygen atoms in total. The molecule has 0 aliphatic rings. The van der Waals surface area contributed by atoms with Crippen LogP contribution in [0.5, 0.6) is 0 Å². The highest BCUT2D eigenvalue weighted by Gasteiger charge is 2.19. The van der Waals surface area contributed by atoms with Gasteiger partial charge in [0.05, 0.1) is 22.3 Å². The summed E-state index contributed by atoms with van der Waals surface area (Å²) in [4.78, 5) is 37.4. The predicted molar refractivity (Wildman–Crippen MR) is 140 cm³/mol. The van der Waals surface area contributed by atoms with Gasteiger partial charge in [0, 0.05) is 11.3 Å². The molecule has 180 valence electrons. The molecule has 0 aliphatic carbocycles. The van der Waals surface area contributed by atoms with Crippen molar-refractivity contribution in [2.24, 2.45) is 5.73 Å². The zero-order chi connectivity index (χ0) is 25.4. The molecule has 0 spiro atoms. The molecule has 3 aromatic carbocycles. The van der Waals surface area contributed by atoms with Gasteiger partial charge in [0.2, 0.25) is 17.6 Å². The first kappa shape index (κ1) is 23.3. The van der Waals surface area contributed by atoms with Crippen LogP contribution in [0.3, 0.4) is 0 Å². The smallest absolute Gasteiger partial charge is 0.267 e. The highest BCUT2D eigenvalue weighted by molar-refractivity contribution is 7.99. The Balaban J connectivity index is 1.51. The van der Waals surface area contributed by atoms with Crippen molar-refractivity contribution in [3.05, 3.63) is 93.8 Å². The minimum Gasteiger partial charge on any atom is -0.366 e. The van der Waals surface area contributed by atoms with Crippen molar-refractivity contribution in [2.75, 3.05) is 11.1 Å². The number of aromatic nitrogens is 4. The SMILES string of the molecule is Cc1ccc(C)c(-n2c(=O)c3ccccc3n3c(SCC(=O)Nc4ccc(C(N)=O)cc4)nnc23)c1. The number of nitrogens with two attached hydrogens (primary N) is 1. The van der Waals surface area contributed by atoms with Crippen LogP contribution in [0, 0.1) is 13.8 Å². The lowest BCUT2D eigenvalue weighted by Crippen LogP contribution is -2.22. The lowest BCUT2D eigenvalue weighted by molar-refractivity contribution is -0.113. The average molecular weight is 499 g/mol. The number of nitrogens with one attached hydrogen (secondary N) is 1. The molecule has 3 N–H and O–H groups in total. The van der Waals surface area contributed by atoms with Gasteiger partial charge < -0.3 is 11.1 Å². The third-order valence-electron chi connectivity index (χ3n) is 5.79. The Hall–Kier alpha value is -4.44. The second-order valence-corrected chi connectivity index (χ2v) is 9.29. The number of benzene rings is 3. The van der Waals surface area contributed by atoms with Crippen molar-refractivity contribution < 1.29 is 9.59 Å². The first-order valence-corrected chi connectivity index (χ1v) is 12.1. The van der Waals surface area contributed by atoms with E-state index in [4.69, 9.17) is 5.73 Å². The maximum atomic E-state index is 13.5. The van der Waals surface area contributed by atoms with Crippen molar-refractivity contribution in [1.29, 1.82) is 0 Å². The largest absolute Gasteiger partial charge is 0.366 e. The Morgan fingerprint density at radius 1 is 1.00 bits per heavy atom. The first-order chi connectivity index (χ1) is 17.3. The second-order valence-electron chi connectivity index (χ2n) is 8.34. The van der Waals surface area contributed by atoms with Crippen LogP contribution in [0.25, 0.3) is 22.4 Å². The van der Waals surface area contributed by atoms with Crippen molar-refractivity contribution in [3.8, 4) is 5.69 Å². The van der Waals surface area contributed by atoms with E-state index in [1.165, 1.54) is 11.8 Å². The fourth-order valence-corrected chi connectivity index (χ4v) is 4.73. The number of aryl methyl sites for hydroxylation is 2. The first-order valence-electron chi connectivity index (χ1n) is 11.1. The number of amides is 2. The average Bonchev–Trinajstić information content (AvgIpc) is 3.29. The molecular weight excluding hydrogens is 476 g/mol. The van der Waals surface area contributed by atoms with Crippen molar-refractivity contribution in [3.63, 3.8) is 0 Å². The van der Waals surface area contributed by atoms with Crippen molar-refractivity contribution in [1.82, 2.24) is 19.2 Å². The third-order valence-corrected chi connectivity index (χ3v) is 6.71. The standard InChI is InChI=1S/C26H22N6O3S/c1-15-7-8-16(2)21(13-15)31-24(35)19-5-3-4-6-20(19)32-25(31)29-30-26(32)36-14-22(33)28-18-11-9-17(10-12-18)23(27)34/h3-13H,14H2,1-2H3,(H2,27,34)(H,28,33). The summed E-state index contributed by atoms with van der Waals surface area (Å²) in [7, 11) is 0. The van der Waals surface area contributed by atoms with Gasteiger partial charge in [0.25, 0.3) is 5.56 Å². The Kier molecular flexibility index (Phi) is 6.03. The number of rotatable bonds is 6. The summed E-state index contributed by atoms with van der Waals surface area (Å²) in [6, 6.07) is 19.5. The van der Waals surface area contributed by atoms with E-state index in [1.807, 2.05) is 50.2 Å². The van der Waals surface area contributed by atoms with Gasteiger partial charge in [-0.25, -0.2) is 4.57 Å². The van der Waals surface area contributed by atoms with Crippen molar-refractivity contribution in [2.45, 2.75) is 19.0 Å². The minimum atomic E-state index is -0.534. The Bertz CT molecular complexity index is 1710. The van der Waals surface area contributed by atoms with E-state index in [0.29, 0.717) is 33.1 Å². The lowest BCUT2D eigenvalue weighted by Gasteiger charge is -2.14. The summed E-state index contributed by atoms with van der Waals surface area (Å²) < 4.78 is 3.38. The molecule has 0 saturated heterocycles. The molecule has 2 heterocycles. The monoisotopic (exact) mass is 498 g/mol. The van der Waals surface area contributed by atoms with Crippen LogP contribution in [0.2, 0.25) is 0 Å². The summed E-state index contributed by atoms with van der Waals surface area (Å²) in [6.45, 7) is 3.91. The molecule has 5 rings (SSSR count). The molecule has 2 aromatic heterocycles. The zero-order valence-corrected chi connectivity index (χ0v) is 20.4. The zero-order valence-electron chi connectivity index (χ0n) is 19.6. The Morgan fingerprint density at radius 2 is 1.75 bits per heavy atom. The number of para-hydroxylation sites is 1. The molecule has 0 atom stereocenters. The predicted octanol–water partition coefficient (Wildman–Crippen LogP) is 3.48. The van der Waals surface area contributed by atoms with Gasteiger partial charge in [0.15, 0.2) is 5.16 Å². The molecular formula is C26H22N6O3S. The molecule has 0 bridgehead atoms. The number of fused-ring (bicyclic) bond motifs is 3. The van der Waals surface area contributed by atoms with Crippen molar-refractivity contribution >= 4 is 45.9 Å². The molecule has 0 saturated carbocycles. The van der Waals surface area contributed by atoms with Crippen LogP contribution in [-0.2, 0) is 4.79 Å². The maximum Gasteiger partial charge on any atom is 0.267 e. The molecule has 10 heteroatoms. The van der Waals surface area contributed by atoms with Crippen LogP contribution in [0.15, 0.2) is 76.7 Å². The fourth-order valence-electron chi connectivity index (χ4n) is 3.99. The van der Waals surface area contributed by atoms with Crippen LogP contribution < -0.4 is 16.6 Å². The van der Waals surface area contributed by atoms with E-state index in [9.17, 15) is 14.4 Å². The lowest BCUT2D eigenvalue weighted by atomic mass is 10.1. The van der Waals surface area contributed by atoms with E-state index in [2.05, 4.69) is 15.5 Å². The minimum absolute atomic E-state index is 0.0648. The molecule has 5 aromatic rings. The van der Waals surface area contributed by atoms with Gasteiger partial charge in [-0.3, -0.25) is 18.8 Å². The Morgan fingerprint density at radius 3 is 2.50 bits per heavy atom. The second kappa shape index (κ2) is 9.31. The van der Waals surface area contributed by atoms with Gasteiger partial charge in [-0.05, 0) is 67.4 Å². The summed E-state index contributed by atoms with van der Waals surface area (Å²) >= 11 is 1.21. The highest BCUT2D eigenvalue weighted by atomic mass is 32.2. The van der Waals surface area contributed by atoms with E-state index >= 15 is 0 Å². The summed E-state index contributed by atoms with van der Waals surface area (Å²) in [5.41, 5.74) is 9.32. The summed E-state index contributed by atoms with van der Waals surface area (Å²) in [6.07, 6.45) is 0. The third kappa shape index (κ3) is 4.22. The van der Waals surface area contributed by atoms with E-state index in [1.54, 1.807) is 39.3 Å². The Labute approximate surface area is 210 Å². The number of hydrogen-bond acceptors (Lipinski definition) is 6. The molecule has 2 amide bonds. The molecule has 36 heavy (non-hydrogen) atoms. The van der Waals surface area contributed by atoms with Crippen LogP contribution in [-0.4, -0.2) is 36.7 Å². The fraction of sp³-hybridized carbons (Fsp3) is 0.115. The highest BCUT2D eigenvalue weighted by Crippen LogP contribution is 2.25. The van der Waals surface area contributed by atoms with E-state index < -0.39 is 5.91 Å². The number of carbonyl (C=O) groups is 2. The van der Waals surface area contributed by atoms with Gasteiger partial charge in [-0.1, -0.05) is 36.0 Å². The summed E-state index contributed by atoms with van der Waals surface area (Å²) in [5.74, 6) is -0.350. The van der Waals surface area contributed by atoms with Gasteiger partial charge in [-0.15, -0.1) is 10.2 Å². The molecule has 0 fully saturated rings. The number of primary amides is 1. The number of nitrogens with zero attached hydrogens (tertiary/aromatic N) is 4. The number of hydrogen-bond donors (Lipinski definition) is 2. The van der Waals surface area contributed by atoms with Crippen LogP contribution >= 0.6 is 11.8 Å².